The minimum absolute atomic E-state index is 0.690. The molecule has 0 aromatic rings. The Kier molecular flexibility index (Phi) is 25.5. The Labute approximate surface area is 207 Å². The second-order valence-corrected chi connectivity index (χ2v) is 11.3. The second kappa shape index (κ2) is 25.1. The molecule has 0 aliphatic rings. The lowest BCUT2D eigenvalue weighted by Gasteiger charge is -2.35. The highest BCUT2D eigenvalue weighted by molar-refractivity contribution is 9.09. The molecule has 0 radical (unpaired) electrons. The largest absolute Gasteiger partial charge is 0.0928 e. The molecule has 0 nitrogen and oxygen atoms in total. The second-order valence-electron chi connectivity index (χ2n) is 10.6. The van der Waals surface area contributed by atoms with E-state index in [9.17, 15) is 0 Å². The van der Waals surface area contributed by atoms with Crippen LogP contribution in [0.25, 0.3) is 0 Å². The third-order valence-corrected chi connectivity index (χ3v) is 8.08. The first kappa shape index (κ1) is 31.5. The molecular formula is C30H61Br. The molecule has 0 heterocycles. The number of alkyl halides is 1. The molecule has 0 saturated heterocycles. The average Bonchev–Trinajstić information content (AvgIpc) is 2.79. The van der Waals surface area contributed by atoms with Crippen LogP contribution >= 0.6 is 15.9 Å². The summed E-state index contributed by atoms with van der Waals surface area (Å²) in [7, 11) is 0. The molecule has 0 bridgehead atoms. The Hall–Kier alpha value is 0.480. The Balaban J connectivity index is 3.71. The van der Waals surface area contributed by atoms with Crippen molar-refractivity contribution >= 4 is 15.9 Å². The smallest absolute Gasteiger partial charge is 0.00313 e. The SMILES string of the molecule is CCCCC(CCCC)(CCCC)CCCCCCCCCCCCCCCCCBr. The van der Waals surface area contributed by atoms with E-state index in [2.05, 4.69) is 36.7 Å². The third kappa shape index (κ3) is 20.8. The van der Waals surface area contributed by atoms with Crippen molar-refractivity contribution in [3.05, 3.63) is 0 Å². The highest BCUT2D eigenvalue weighted by Crippen LogP contribution is 2.41. The average molecular weight is 502 g/mol. The van der Waals surface area contributed by atoms with E-state index >= 15 is 0 Å². The highest BCUT2D eigenvalue weighted by atomic mass is 79.9. The lowest BCUT2D eigenvalue weighted by molar-refractivity contribution is 0.175. The predicted octanol–water partition coefficient (Wildman–Crippen LogP) is 12.2. The zero-order valence-corrected chi connectivity index (χ0v) is 23.8. The molecular weight excluding hydrogens is 440 g/mol. The maximum Gasteiger partial charge on any atom is 0.00313 e. The summed E-state index contributed by atoms with van der Waals surface area (Å²) in [6.45, 7) is 7.12. The molecule has 188 valence electrons. The van der Waals surface area contributed by atoms with E-state index in [1.807, 2.05) is 0 Å². The van der Waals surface area contributed by atoms with Gasteiger partial charge in [-0.05, 0) is 37.5 Å². The van der Waals surface area contributed by atoms with Gasteiger partial charge in [-0.2, -0.15) is 0 Å². The molecule has 0 fully saturated rings. The summed E-state index contributed by atoms with van der Waals surface area (Å²) < 4.78 is 0. The van der Waals surface area contributed by atoms with Gasteiger partial charge < -0.3 is 0 Å². The van der Waals surface area contributed by atoms with Crippen molar-refractivity contribution in [3.63, 3.8) is 0 Å². The molecule has 0 N–H and O–H groups in total. The van der Waals surface area contributed by atoms with Gasteiger partial charge in [0.2, 0.25) is 0 Å². The van der Waals surface area contributed by atoms with Gasteiger partial charge in [0, 0.05) is 5.33 Å². The van der Waals surface area contributed by atoms with Gasteiger partial charge in [0.1, 0.15) is 0 Å². The van der Waals surface area contributed by atoms with Crippen LogP contribution in [0.15, 0.2) is 0 Å². The molecule has 1 heteroatoms. The monoisotopic (exact) mass is 500 g/mol. The fourth-order valence-corrected chi connectivity index (χ4v) is 5.69. The molecule has 0 saturated carbocycles. The van der Waals surface area contributed by atoms with Crippen molar-refractivity contribution in [3.8, 4) is 0 Å². The summed E-state index contributed by atoms with van der Waals surface area (Å²) in [5, 5.41) is 1.19. The molecule has 31 heavy (non-hydrogen) atoms. The van der Waals surface area contributed by atoms with Gasteiger partial charge in [-0.25, -0.2) is 0 Å². The fraction of sp³-hybridized carbons (Fsp3) is 1.00. The van der Waals surface area contributed by atoms with E-state index < -0.39 is 0 Å². The van der Waals surface area contributed by atoms with Crippen molar-refractivity contribution in [1.82, 2.24) is 0 Å². The van der Waals surface area contributed by atoms with Crippen molar-refractivity contribution in [1.29, 1.82) is 0 Å². The van der Waals surface area contributed by atoms with Crippen LogP contribution in [-0.4, -0.2) is 5.33 Å². The van der Waals surface area contributed by atoms with Gasteiger partial charge in [-0.3, -0.25) is 0 Å². The standard InChI is InChI=1S/C30H61Br/c1-4-7-25-30(26-8-5-2,27-9-6-3)28-23-21-19-17-15-13-11-10-12-14-16-18-20-22-24-29-31/h4-29H2,1-3H3. The normalized spacial score (nSPS) is 12.0. The first-order chi connectivity index (χ1) is 15.2. The van der Waals surface area contributed by atoms with Gasteiger partial charge in [0.15, 0.2) is 0 Å². The van der Waals surface area contributed by atoms with Gasteiger partial charge >= 0.3 is 0 Å². The summed E-state index contributed by atoms with van der Waals surface area (Å²) >= 11 is 3.52. The molecule has 0 spiro atoms. The first-order valence-electron chi connectivity index (χ1n) is 14.8. The number of halogens is 1. The van der Waals surface area contributed by atoms with Crippen molar-refractivity contribution < 1.29 is 0 Å². The maximum atomic E-state index is 3.52. The van der Waals surface area contributed by atoms with Crippen LogP contribution in [0.2, 0.25) is 0 Å². The van der Waals surface area contributed by atoms with Gasteiger partial charge in [0.05, 0.1) is 0 Å². The Morgan fingerprint density at radius 2 is 0.613 bits per heavy atom. The molecule has 0 aromatic heterocycles. The van der Waals surface area contributed by atoms with E-state index in [4.69, 9.17) is 0 Å². The summed E-state index contributed by atoms with van der Waals surface area (Å²) in [5.41, 5.74) is 0.690. The quantitative estimate of drug-likeness (QED) is 0.0816. The van der Waals surface area contributed by atoms with Crippen LogP contribution < -0.4 is 0 Å². The molecule has 0 aliphatic carbocycles. The van der Waals surface area contributed by atoms with Crippen LogP contribution in [0.5, 0.6) is 0 Å². The predicted molar refractivity (Wildman–Crippen MR) is 149 cm³/mol. The number of hydrogen-bond donors (Lipinski definition) is 0. The molecule has 0 atom stereocenters. The Morgan fingerprint density at radius 1 is 0.355 bits per heavy atom. The maximum absolute atomic E-state index is 3.52. The zero-order valence-electron chi connectivity index (χ0n) is 22.3. The zero-order chi connectivity index (χ0) is 22.9. The van der Waals surface area contributed by atoms with Crippen molar-refractivity contribution in [2.24, 2.45) is 5.41 Å². The Morgan fingerprint density at radius 3 is 0.903 bits per heavy atom. The summed E-state index contributed by atoms with van der Waals surface area (Å²) in [6.07, 6.45) is 36.5. The fourth-order valence-electron chi connectivity index (χ4n) is 5.30. The van der Waals surface area contributed by atoms with Gasteiger partial charge in [-0.15, -0.1) is 0 Å². The van der Waals surface area contributed by atoms with Crippen LogP contribution in [0.1, 0.15) is 181 Å². The van der Waals surface area contributed by atoms with Crippen LogP contribution in [-0.2, 0) is 0 Å². The van der Waals surface area contributed by atoms with Gasteiger partial charge in [-0.1, -0.05) is 165 Å². The summed E-state index contributed by atoms with van der Waals surface area (Å²) in [5.74, 6) is 0. The number of hydrogen-bond acceptors (Lipinski definition) is 0. The Bertz CT molecular complexity index is 303. The topological polar surface area (TPSA) is 0 Å². The third-order valence-electron chi connectivity index (χ3n) is 7.52. The lowest BCUT2D eigenvalue weighted by Crippen LogP contribution is -2.21. The first-order valence-corrected chi connectivity index (χ1v) is 15.9. The van der Waals surface area contributed by atoms with Crippen LogP contribution in [0.3, 0.4) is 0 Å². The summed E-state index contributed by atoms with van der Waals surface area (Å²) in [6, 6.07) is 0. The minimum atomic E-state index is 0.690. The van der Waals surface area contributed by atoms with E-state index in [0.29, 0.717) is 5.41 Å². The molecule has 0 aromatic carbocycles. The van der Waals surface area contributed by atoms with Crippen molar-refractivity contribution in [2.45, 2.75) is 181 Å². The van der Waals surface area contributed by atoms with Gasteiger partial charge in [0.25, 0.3) is 0 Å². The van der Waals surface area contributed by atoms with Crippen LogP contribution in [0.4, 0.5) is 0 Å². The molecule has 0 rings (SSSR count). The van der Waals surface area contributed by atoms with E-state index in [1.54, 1.807) is 0 Å². The molecule has 0 amide bonds. The van der Waals surface area contributed by atoms with Crippen LogP contribution in [0, 0.1) is 5.41 Å². The number of unbranched alkanes of at least 4 members (excludes halogenated alkanes) is 17. The summed E-state index contributed by atoms with van der Waals surface area (Å²) in [4.78, 5) is 0. The van der Waals surface area contributed by atoms with E-state index in [1.165, 1.54) is 166 Å². The van der Waals surface area contributed by atoms with E-state index in [0.717, 1.165) is 0 Å². The highest BCUT2D eigenvalue weighted by Gasteiger charge is 2.27. The lowest BCUT2D eigenvalue weighted by atomic mass is 9.71. The van der Waals surface area contributed by atoms with E-state index in [-0.39, 0.29) is 0 Å². The minimum Gasteiger partial charge on any atom is -0.0928 e. The van der Waals surface area contributed by atoms with Crippen molar-refractivity contribution in [2.75, 3.05) is 5.33 Å². The molecule has 0 unspecified atom stereocenters. The molecule has 0 aliphatic heterocycles. The number of rotatable bonds is 26.